The highest BCUT2D eigenvalue weighted by Crippen LogP contribution is 2.60. The third-order valence-electron chi connectivity index (χ3n) is 3.98. The molecule has 2 nitrogen and oxygen atoms in total. The molecule has 17 heavy (non-hydrogen) atoms. The Bertz CT molecular complexity index is 384. The predicted molar refractivity (Wildman–Crippen MR) is 68.5 cm³/mol. The Morgan fingerprint density at radius 3 is 2.65 bits per heavy atom. The van der Waals surface area contributed by atoms with Crippen LogP contribution in [0.2, 0.25) is 0 Å². The van der Waals surface area contributed by atoms with Crippen molar-refractivity contribution in [3.05, 3.63) is 23.3 Å². The van der Waals surface area contributed by atoms with Crippen LogP contribution in [0.25, 0.3) is 0 Å². The first-order chi connectivity index (χ1) is 7.93. The van der Waals surface area contributed by atoms with Gasteiger partial charge in [-0.1, -0.05) is 31.6 Å². The van der Waals surface area contributed by atoms with E-state index in [1.165, 1.54) is 5.57 Å². The van der Waals surface area contributed by atoms with Crippen molar-refractivity contribution in [2.24, 2.45) is 17.3 Å². The monoisotopic (exact) mass is 234 g/mol. The summed E-state index contributed by atoms with van der Waals surface area (Å²) in [5.74, 6) is 0.975. The van der Waals surface area contributed by atoms with Crippen molar-refractivity contribution in [3.63, 3.8) is 0 Å². The maximum Gasteiger partial charge on any atom is 0.333 e. The van der Waals surface area contributed by atoms with E-state index in [0.29, 0.717) is 23.9 Å². The number of carbonyl (C=O) groups excluding carboxylic acids is 1. The predicted octanol–water partition coefficient (Wildman–Crippen LogP) is 3.49. The minimum absolute atomic E-state index is 0.102. The first-order valence-electron chi connectivity index (χ1n) is 6.46. The lowest BCUT2D eigenvalue weighted by Crippen LogP contribution is -2.15. The second kappa shape index (κ2) is 4.32. The summed E-state index contributed by atoms with van der Waals surface area (Å²) in [6, 6.07) is 0. The van der Waals surface area contributed by atoms with Gasteiger partial charge in [0.15, 0.2) is 0 Å². The second-order valence-electron chi connectivity index (χ2n) is 6.05. The quantitative estimate of drug-likeness (QED) is 0.415. The first-order valence-corrected chi connectivity index (χ1v) is 6.46. The van der Waals surface area contributed by atoms with E-state index in [1.807, 2.05) is 0 Å². The molecule has 2 rings (SSSR count). The summed E-state index contributed by atoms with van der Waals surface area (Å²) < 4.78 is 5.08. The maximum atomic E-state index is 11.6. The van der Waals surface area contributed by atoms with E-state index >= 15 is 0 Å². The van der Waals surface area contributed by atoms with E-state index in [2.05, 4.69) is 39.8 Å². The second-order valence-corrected chi connectivity index (χ2v) is 6.05. The Morgan fingerprint density at radius 2 is 2.06 bits per heavy atom. The van der Waals surface area contributed by atoms with Crippen LogP contribution < -0.4 is 0 Å². The highest BCUT2D eigenvalue weighted by molar-refractivity contribution is 5.89. The smallest absolute Gasteiger partial charge is 0.333 e. The van der Waals surface area contributed by atoms with Gasteiger partial charge in [-0.15, -0.1) is 0 Å². The Labute approximate surface area is 104 Å². The van der Waals surface area contributed by atoms with Crippen molar-refractivity contribution < 1.29 is 9.53 Å². The van der Waals surface area contributed by atoms with Gasteiger partial charge in [0.05, 0.1) is 6.61 Å². The van der Waals surface area contributed by atoms with E-state index < -0.39 is 0 Å². The van der Waals surface area contributed by atoms with Gasteiger partial charge in [-0.25, -0.2) is 4.79 Å². The fourth-order valence-electron chi connectivity index (χ4n) is 2.70. The molecule has 0 aromatic rings. The van der Waals surface area contributed by atoms with Gasteiger partial charge < -0.3 is 4.74 Å². The number of allylic oxidation sites excluding steroid dienone is 3. The Balaban J connectivity index is 2.12. The molecule has 0 unspecified atom stereocenters. The number of rotatable bonds is 2. The summed E-state index contributed by atoms with van der Waals surface area (Å²) in [6.45, 7) is 9.39. The van der Waals surface area contributed by atoms with Gasteiger partial charge in [0.1, 0.15) is 0 Å². The maximum absolute atomic E-state index is 11.6. The number of esters is 1. The van der Waals surface area contributed by atoms with Crippen LogP contribution >= 0.6 is 0 Å². The average molecular weight is 234 g/mol. The van der Waals surface area contributed by atoms with Crippen LogP contribution in [0.5, 0.6) is 0 Å². The largest absolute Gasteiger partial charge is 0.462 e. The van der Waals surface area contributed by atoms with E-state index in [9.17, 15) is 4.79 Å². The highest BCUT2D eigenvalue weighted by atomic mass is 16.5. The molecule has 0 N–H and O–H groups in total. The molecule has 1 aliphatic carbocycles. The van der Waals surface area contributed by atoms with Crippen molar-refractivity contribution in [2.45, 2.75) is 40.5 Å². The standard InChI is InChI=1S/C15H22O2/c1-10(2)8-12-13(15(12,3)4)9-11-6-5-7-17-14(11)16/h8-9,12-13H,5-7H2,1-4H3/b11-9+/t12-,13-/m1/s1. The molecule has 1 aliphatic heterocycles. The first kappa shape index (κ1) is 12.4. The van der Waals surface area contributed by atoms with Crippen molar-refractivity contribution in [2.75, 3.05) is 6.61 Å². The fraction of sp³-hybridized carbons (Fsp3) is 0.667. The average Bonchev–Trinajstić information content (AvgIpc) is 2.72. The van der Waals surface area contributed by atoms with Crippen LogP contribution in [-0.4, -0.2) is 12.6 Å². The topological polar surface area (TPSA) is 26.3 Å². The van der Waals surface area contributed by atoms with E-state index in [-0.39, 0.29) is 5.97 Å². The summed E-state index contributed by atoms with van der Waals surface area (Å²) in [6.07, 6.45) is 6.34. The Morgan fingerprint density at radius 1 is 1.35 bits per heavy atom. The molecule has 0 amide bonds. The van der Waals surface area contributed by atoms with Gasteiger partial charge in [0, 0.05) is 5.57 Å². The minimum Gasteiger partial charge on any atom is -0.462 e. The van der Waals surface area contributed by atoms with Crippen LogP contribution in [0.4, 0.5) is 0 Å². The molecule has 0 radical (unpaired) electrons. The molecule has 1 heterocycles. The molecule has 0 aromatic heterocycles. The summed E-state index contributed by atoms with van der Waals surface area (Å²) >= 11 is 0. The molecule has 1 saturated carbocycles. The van der Waals surface area contributed by atoms with Gasteiger partial charge >= 0.3 is 5.97 Å². The molecular weight excluding hydrogens is 212 g/mol. The Hall–Kier alpha value is -1.05. The molecule has 2 aliphatic rings. The summed E-state index contributed by atoms with van der Waals surface area (Å²) in [4.78, 5) is 11.6. The fourth-order valence-corrected chi connectivity index (χ4v) is 2.70. The van der Waals surface area contributed by atoms with Crippen LogP contribution in [0, 0.1) is 17.3 Å². The van der Waals surface area contributed by atoms with Crippen molar-refractivity contribution in [1.82, 2.24) is 0 Å². The molecule has 2 atom stereocenters. The zero-order chi connectivity index (χ0) is 12.6. The normalized spacial score (nSPS) is 33.2. The zero-order valence-electron chi connectivity index (χ0n) is 11.2. The minimum atomic E-state index is -0.102. The van der Waals surface area contributed by atoms with Crippen molar-refractivity contribution in [1.29, 1.82) is 0 Å². The van der Waals surface area contributed by atoms with Gasteiger partial charge in [0.25, 0.3) is 0 Å². The Kier molecular flexibility index (Phi) is 3.15. The molecule has 2 fully saturated rings. The zero-order valence-corrected chi connectivity index (χ0v) is 11.2. The van der Waals surface area contributed by atoms with Crippen LogP contribution in [0.3, 0.4) is 0 Å². The molecule has 0 bridgehead atoms. The SMILES string of the molecule is CC(C)=C[C@@H]1[C@@H](/C=C2\CCCOC2=O)C1(C)C. The summed E-state index contributed by atoms with van der Waals surface area (Å²) in [5, 5.41) is 0. The van der Waals surface area contributed by atoms with Crippen LogP contribution in [0.1, 0.15) is 40.5 Å². The van der Waals surface area contributed by atoms with Gasteiger partial charge in [-0.2, -0.15) is 0 Å². The van der Waals surface area contributed by atoms with Gasteiger partial charge in [-0.3, -0.25) is 0 Å². The lowest BCUT2D eigenvalue weighted by atomic mass is 10.0. The highest BCUT2D eigenvalue weighted by Gasteiger charge is 2.55. The van der Waals surface area contributed by atoms with Gasteiger partial charge in [-0.05, 0) is 43.9 Å². The molecule has 94 valence electrons. The van der Waals surface area contributed by atoms with Crippen LogP contribution in [0.15, 0.2) is 23.3 Å². The molecule has 0 aromatic carbocycles. The summed E-state index contributed by atoms with van der Waals surface area (Å²) in [7, 11) is 0. The number of hydrogen-bond donors (Lipinski definition) is 0. The molecule has 2 heteroatoms. The van der Waals surface area contributed by atoms with Crippen molar-refractivity contribution >= 4 is 5.97 Å². The van der Waals surface area contributed by atoms with E-state index in [4.69, 9.17) is 4.74 Å². The molecule has 1 saturated heterocycles. The summed E-state index contributed by atoms with van der Waals surface area (Å²) in [5.41, 5.74) is 2.54. The third-order valence-corrected chi connectivity index (χ3v) is 3.98. The number of ether oxygens (including phenoxy) is 1. The van der Waals surface area contributed by atoms with Crippen molar-refractivity contribution in [3.8, 4) is 0 Å². The lowest BCUT2D eigenvalue weighted by Gasteiger charge is -2.13. The van der Waals surface area contributed by atoms with Gasteiger partial charge in [0.2, 0.25) is 0 Å². The number of cyclic esters (lactones) is 1. The number of hydrogen-bond acceptors (Lipinski definition) is 2. The third kappa shape index (κ3) is 2.46. The van der Waals surface area contributed by atoms with E-state index in [0.717, 1.165) is 18.4 Å². The molecular formula is C15H22O2. The molecule has 0 spiro atoms. The lowest BCUT2D eigenvalue weighted by molar-refractivity contribution is -0.141. The van der Waals surface area contributed by atoms with Crippen LogP contribution in [-0.2, 0) is 9.53 Å². The van der Waals surface area contributed by atoms with E-state index in [1.54, 1.807) is 0 Å². The number of carbonyl (C=O) groups is 1.